The monoisotopic (exact) mass is 405 g/mol. The second kappa shape index (κ2) is 8.71. The Morgan fingerprint density at radius 3 is 2.24 bits per heavy atom. The molecule has 3 rings (SSSR count). The number of carbonyl (C=O) groups excluding carboxylic acids is 2. The van der Waals surface area contributed by atoms with Crippen LogP contribution in [0.5, 0.6) is 0 Å². The minimum atomic E-state index is -0.378. The zero-order valence-corrected chi connectivity index (χ0v) is 16.9. The van der Waals surface area contributed by atoms with Crippen LogP contribution in [0, 0.1) is 6.92 Å². The lowest BCUT2D eigenvalue weighted by molar-refractivity contribution is 0.102. The highest BCUT2D eigenvalue weighted by Crippen LogP contribution is 2.21. The molecule has 0 atom stereocenters. The van der Waals surface area contributed by atoms with Crippen LogP contribution < -0.4 is 10.6 Å². The van der Waals surface area contributed by atoms with Gasteiger partial charge in [0.15, 0.2) is 0 Å². The van der Waals surface area contributed by atoms with Crippen LogP contribution in [-0.4, -0.2) is 16.8 Å². The maximum absolute atomic E-state index is 12.8. The van der Waals surface area contributed by atoms with Crippen LogP contribution in [0.3, 0.4) is 0 Å². The van der Waals surface area contributed by atoms with Gasteiger partial charge in [0.05, 0.1) is 16.3 Å². The summed E-state index contributed by atoms with van der Waals surface area (Å²) in [7, 11) is 0. The molecule has 2 amide bonds. The van der Waals surface area contributed by atoms with Crippen molar-refractivity contribution in [2.24, 2.45) is 0 Å². The van der Waals surface area contributed by atoms with E-state index in [2.05, 4.69) is 22.2 Å². The van der Waals surface area contributed by atoms with E-state index in [9.17, 15) is 9.59 Å². The highest BCUT2D eigenvalue weighted by atomic mass is 35.5. The first-order valence-electron chi connectivity index (χ1n) is 8.94. The predicted octanol–water partition coefficient (Wildman–Crippen LogP) is 5.58. The minimum Gasteiger partial charge on any atom is -0.321 e. The molecular weight excluding hydrogens is 386 g/mol. The number of benzene rings is 2. The van der Waals surface area contributed by atoms with E-state index in [1.54, 1.807) is 36.4 Å². The number of aryl methyl sites for hydroxylation is 1. The Hall–Kier alpha value is -3.44. The van der Waals surface area contributed by atoms with Crippen molar-refractivity contribution < 1.29 is 9.59 Å². The molecule has 0 bridgehead atoms. The Kier molecular flexibility index (Phi) is 6.10. The Morgan fingerprint density at radius 1 is 0.931 bits per heavy atom. The summed E-state index contributed by atoms with van der Waals surface area (Å²) >= 11 is 5.83. The lowest BCUT2D eigenvalue weighted by Gasteiger charge is -2.13. The second-order valence-electron chi connectivity index (χ2n) is 6.68. The number of rotatable bonds is 5. The third kappa shape index (κ3) is 5.09. The lowest BCUT2D eigenvalue weighted by atomic mass is 10.1. The van der Waals surface area contributed by atoms with E-state index in [0.29, 0.717) is 27.7 Å². The molecule has 0 radical (unpaired) electrons. The lowest BCUT2D eigenvalue weighted by Crippen LogP contribution is -2.19. The summed E-state index contributed by atoms with van der Waals surface area (Å²) in [5.74, 6) is -0.314. The van der Waals surface area contributed by atoms with Crippen molar-refractivity contribution >= 4 is 40.5 Å². The van der Waals surface area contributed by atoms with Crippen molar-refractivity contribution in [3.8, 4) is 0 Å². The summed E-state index contributed by atoms with van der Waals surface area (Å²) < 4.78 is 0. The number of anilines is 2. The van der Waals surface area contributed by atoms with Crippen molar-refractivity contribution in [2.75, 3.05) is 10.6 Å². The van der Waals surface area contributed by atoms with Gasteiger partial charge in [0.2, 0.25) is 0 Å². The minimum absolute atomic E-state index is 0.305. The smallest absolute Gasteiger partial charge is 0.258 e. The molecule has 1 heterocycles. The first kappa shape index (κ1) is 20.3. The van der Waals surface area contributed by atoms with Crippen molar-refractivity contribution in [3.05, 3.63) is 94.6 Å². The molecule has 6 heteroatoms. The number of carbonyl (C=O) groups is 2. The molecule has 0 saturated heterocycles. The highest BCUT2D eigenvalue weighted by molar-refractivity contribution is 6.30. The fourth-order valence-electron chi connectivity index (χ4n) is 2.69. The number of amides is 2. The van der Waals surface area contributed by atoms with Crippen molar-refractivity contribution in [1.82, 2.24) is 4.98 Å². The van der Waals surface area contributed by atoms with E-state index < -0.39 is 0 Å². The van der Waals surface area contributed by atoms with Gasteiger partial charge in [-0.05, 0) is 55.8 Å². The molecular formula is C23H20ClN3O2. The summed E-state index contributed by atoms with van der Waals surface area (Å²) in [6, 6.07) is 15.6. The van der Waals surface area contributed by atoms with Crippen LogP contribution in [0.1, 0.15) is 38.8 Å². The zero-order chi connectivity index (χ0) is 21.0. The Morgan fingerprint density at radius 2 is 1.62 bits per heavy atom. The summed E-state index contributed by atoms with van der Waals surface area (Å²) in [5.41, 5.74) is 4.02. The summed E-state index contributed by atoms with van der Waals surface area (Å²) in [6.07, 6.45) is 1.45. The van der Waals surface area contributed by atoms with E-state index in [1.165, 1.54) is 6.20 Å². The molecule has 0 aliphatic rings. The molecule has 3 aromatic rings. The van der Waals surface area contributed by atoms with Crippen LogP contribution in [0.25, 0.3) is 5.57 Å². The van der Waals surface area contributed by atoms with Crippen LogP contribution in [0.15, 0.2) is 67.4 Å². The number of nitrogens with one attached hydrogen (secondary N) is 2. The van der Waals surface area contributed by atoms with Crippen LogP contribution in [0.4, 0.5) is 11.5 Å². The summed E-state index contributed by atoms with van der Waals surface area (Å²) in [4.78, 5) is 29.5. The number of hydrogen-bond acceptors (Lipinski definition) is 3. The molecule has 1 aromatic heterocycles. The van der Waals surface area contributed by atoms with Crippen molar-refractivity contribution in [1.29, 1.82) is 0 Å². The number of nitrogens with zero attached hydrogens (tertiary/aromatic N) is 1. The van der Waals surface area contributed by atoms with Crippen LogP contribution in [-0.2, 0) is 0 Å². The number of halogens is 1. The molecule has 0 aliphatic carbocycles. The highest BCUT2D eigenvalue weighted by Gasteiger charge is 2.15. The molecule has 2 aromatic carbocycles. The van der Waals surface area contributed by atoms with Gasteiger partial charge >= 0.3 is 0 Å². The molecule has 146 valence electrons. The van der Waals surface area contributed by atoms with Crippen molar-refractivity contribution in [2.45, 2.75) is 13.8 Å². The average Bonchev–Trinajstić information content (AvgIpc) is 2.71. The topological polar surface area (TPSA) is 71.1 Å². The van der Waals surface area contributed by atoms with Crippen LogP contribution >= 0.6 is 11.6 Å². The largest absolute Gasteiger partial charge is 0.321 e. The van der Waals surface area contributed by atoms with Gasteiger partial charge in [-0.3, -0.25) is 9.59 Å². The van der Waals surface area contributed by atoms with E-state index in [0.717, 1.165) is 16.7 Å². The second-order valence-corrected chi connectivity index (χ2v) is 7.11. The van der Waals surface area contributed by atoms with Gasteiger partial charge in [-0.25, -0.2) is 4.98 Å². The summed E-state index contributed by atoms with van der Waals surface area (Å²) in [5, 5.41) is 6.01. The van der Waals surface area contributed by atoms with E-state index >= 15 is 0 Å². The summed E-state index contributed by atoms with van der Waals surface area (Å²) in [6.45, 7) is 7.67. The van der Waals surface area contributed by atoms with E-state index in [1.807, 2.05) is 32.0 Å². The number of aromatic nitrogens is 1. The van der Waals surface area contributed by atoms with E-state index in [4.69, 9.17) is 11.6 Å². The van der Waals surface area contributed by atoms with Gasteiger partial charge < -0.3 is 10.6 Å². The first-order chi connectivity index (χ1) is 13.8. The van der Waals surface area contributed by atoms with Gasteiger partial charge in [0.1, 0.15) is 5.82 Å². The van der Waals surface area contributed by atoms with Gasteiger partial charge in [-0.15, -0.1) is 0 Å². The normalized spacial score (nSPS) is 10.3. The fraction of sp³-hybridized carbons (Fsp3) is 0.0870. The number of allylic oxidation sites excluding steroid dienone is 1. The molecule has 0 saturated carbocycles. The van der Waals surface area contributed by atoms with Crippen LogP contribution in [0.2, 0.25) is 5.02 Å². The maximum atomic E-state index is 12.8. The predicted molar refractivity (Wildman–Crippen MR) is 117 cm³/mol. The standard InChI is InChI=1S/C23H20ClN3O2/c1-14(2)16-5-7-17(8-6-16)22(28)26-20-10-4-15(3)12-19(20)23(29)27-21-11-9-18(24)13-25-21/h4-13H,1H2,2-3H3,(H,26,28)(H,25,27,29). The average molecular weight is 406 g/mol. The number of hydrogen-bond donors (Lipinski definition) is 2. The molecule has 0 spiro atoms. The molecule has 5 nitrogen and oxygen atoms in total. The quantitative estimate of drug-likeness (QED) is 0.582. The molecule has 0 aliphatic heterocycles. The molecule has 29 heavy (non-hydrogen) atoms. The Balaban J connectivity index is 1.82. The number of pyridine rings is 1. The zero-order valence-electron chi connectivity index (χ0n) is 16.1. The maximum Gasteiger partial charge on any atom is 0.258 e. The van der Waals surface area contributed by atoms with Gasteiger partial charge in [-0.2, -0.15) is 0 Å². The molecule has 0 fully saturated rings. The third-order valence-corrected chi connectivity index (χ3v) is 4.50. The van der Waals surface area contributed by atoms with Gasteiger partial charge in [0.25, 0.3) is 11.8 Å². The SMILES string of the molecule is C=C(C)c1ccc(C(=O)Nc2ccc(C)cc2C(=O)Nc2ccc(Cl)cn2)cc1. The van der Waals surface area contributed by atoms with Gasteiger partial charge in [0, 0.05) is 11.8 Å². The van der Waals surface area contributed by atoms with Gasteiger partial charge in [-0.1, -0.05) is 47.5 Å². The van der Waals surface area contributed by atoms with E-state index in [-0.39, 0.29) is 11.8 Å². The molecule has 0 unspecified atom stereocenters. The third-order valence-electron chi connectivity index (χ3n) is 4.28. The Labute approximate surface area is 174 Å². The fourth-order valence-corrected chi connectivity index (χ4v) is 2.80. The van der Waals surface area contributed by atoms with Crippen molar-refractivity contribution in [3.63, 3.8) is 0 Å². The molecule has 2 N–H and O–H groups in total. The Bertz CT molecular complexity index is 1070. The first-order valence-corrected chi connectivity index (χ1v) is 9.32.